The van der Waals surface area contributed by atoms with Crippen LogP contribution in [-0.4, -0.2) is 35.4 Å². The number of hydrogen-bond donors (Lipinski definition) is 1. The molecule has 0 saturated carbocycles. The first-order chi connectivity index (χ1) is 15.3. The molecule has 32 heavy (non-hydrogen) atoms. The van der Waals surface area contributed by atoms with Crippen LogP contribution in [0.3, 0.4) is 0 Å². The second kappa shape index (κ2) is 13.3. The molecule has 0 aliphatic rings. The number of rotatable bonds is 12. The first kappa shape index (κ1) is 26.0. The number of hydrogen-bond acceptors (Lipinski definition) is 3. The van der Waals surface area contributed by atoms with Gasteiger partial charge in [-0.3, -0.25) is 9.59 Å². The lowest BCUT2D eigenvalue weighted by atomic mass is 10.1. The molecule has 7 heteroatoms. The van der Waals surface area contributed by atoms with Crippen molar-refractivity contribution < 1.29 is 14.3 Å². The average molecular weight is 479 g/mol. The standard InChI is InChI=1S/C25H32Cl2N2O3/c1-4-18(3)28-25(31)23(5-2)29(17-19-13-14-21(26)22(27)16-19)24(30)12-9-15-32-20-10-7-6-8-11-20/h6-8,10-11,13-14,16,18,23H,4-5,9,12,15,17H2,1-3H3,(H,28,31)/t18-,23+/m1/s1. The van der Waals surface area contributed by atoms with Crippen molar-refractivity contribution in [3.63, 3.8) is 0 Å². The number of nitrogens with zero attached hydrogens (tertiary/aromatic N) is 1. The second-order valence-corrected chi connectivity index (χ2v) is 8.59. The summed E-state index contributed by atoms with van der Waals surface area (Å²) < 4.78 is 5.70. The zero-order chi connectivity index (χ0) is 23.5. The van der Waals surface area contributed by atoms with Crippen LogP contribution in [-0.2, 0) is 16.1 Å². The maximum absolute atomic E-state index is 13.2. The van der Waals surface area contributed by atoms with Gasteiger partial charge in [0.25, 0.3) is 0 Å². The Morgan fingerprint density at radius 1 is 1.03 bits per heavy atom. The van der Waals surface area contributed by atoms with Crippen molar-refractivity contribution in [2.24, 2.45) is 0 Å². The zero-order valence-electron chi connectivity index (χ0n) is 18.9. The molecule has 2 amide bonds. The highest BCUT2D eigenvalue weighted by atomic mass is 35.5. The highest BCUT2D eigenvalue weighted by Crippen LogP contribution is 2.24. The zero-order valence-corrected chi connectivity index (χ0v) is 20.5. The summed E-state index contributed by atoms with van der Waals surface area (Å²) in [5.74, 6) is 0.529. The Labute approximate surface area is 201 Å². The van der Waals surface area contributed by atoms with Gasteiger partial charge in [0.1, 0.15) is 11.8 Å². The van der Waals surface area contributed by atoms with E-state index in [4.69, 9.17) is 27.9 Å². The van der Waals surface area contributed by atoms with Crippen molar-refractivity contribution in [1.29, 1.82) is 0 Å². The first-order valence-electron chi connectivity index (χ1n) is 11.1. The van der Waals surface area contributed by atoms with Gasteiger partial charge in [-0.15, -0.1) is 0 Å². The molecular formula is C25H32Cl2N2O3. The van der Waals surface area contributed by atoms with Gasteiger partial charge in [0.05, 0.1) is 16.7 Å². The molecule has 0 heterocycles. The predicted molar refractivity (Wildman–Crippen MR) is 130 cm³/mol. The van der Waals surface area contributed by atoms with Crippen LogP contribution in [0.2, 0.25) is 10.0 Å². The molecule has 0 aliphatic carbocycles. The Kier molecular flexibility index (Phi) is 10.8. The molecule has 0 spiro atoms. The number of benzene rings is 2. The quantitative estimate of drug-likeness (QED) is 0.387. The molecule has 0 fully saturated rings. The van der Waals surface area contributed by atoms with E-state index in [9.17, 15) is 9.59 Å². The highest BCUT2D eigenvalue weighted by molar-refractivity contribution is 6.42. The highest BCUT2D eigenvalue weighted by Gasteiger charge is 2.29. The summed E-state index contributed by atoms with van der Waals surface area (Å²) in [6.07, 6.45) is 2.16. The lowest BCUT2D eigenvalue weighted by Crippen LogP contribution is -2.50. The van der Waals surface area contributed by atoms with Crippen molar-refractivity contribution in [2.75, 3.05) is 6.61 Å². The number of carbonyl (C=O) groups excluding carboxylic acids is 2. The van der Waals surface area contributed by atoms with Crippen LogP contribution in [0.1, 0.15) is 52.0 Å². The van der Waals surface area contributed by atoms with Gasteiger partial charge >= 0.3 is 0 Å². The number of amides is 2. The molecule has 2 aromatic carbocycles. The van der Waals surface area contributed by atoms with Crippen LogP contribution in [0.4, 0.5) is 0 Å². The fraction of sp³-hybridized carbons (Fsp3) is 0.440. The fourth-order valence-corrected chi connectivity index (χ4v) is 3.59. The minimum atomic E-state index is -0.569. The van der Waals surface area contributed by atoms with Gasteiger partial charge in [-0.05, 0) is 56.0 Å². The van der Waals surface area contributed by atoms with Crippen molar-refractivity contribution in [3.05, 3.63) is 64.1 Å². The minimum absolute atomic E-state index is 0.0396. The van der Waals surface area contributed by atoms with Gasteiger partial charge in [0.15, 0.2) is 0 Å². The topological polar surface area (TPSA) is 58.6 Å². The molecule has 5 nitrogen and oxygen atoms in total. The SMILES string of the molecule is CC[C@@H](C)NC(=O)[C@H](CC)N(Cc1ccc(Cl)c(Cl)c1)C(=O)CCCOc1ccccc1. The molecular weight excluding hydrogens is 447 g/mol. The molecule has 0 unspecified atom stereocenters. The third kappa shape index (κ3) is 8.03. The van der Waals surface area contributed by atoms with Gasteiger partial charge in [0.2, 0.25) is 11.8 Å². The van der Waals surface area contributed by atoms with Crippen LogP contribution in [0.15, 0.2) is 48.5 Å². The van der Waals surface area contributed by atoms with E-state index in [0.717, 1.165) is 17.7 Å². The molecule has 0 radical (unpaired) electrons. The Morgan fingerprint density at radius 2 is 1.75 bits per heavy atom. The van der Waals surface area contributed by atoms with Crippen molar-refractivity contribution in [2.45, 2.75) is 65.1 Å². The lowest BCUT2D eigenvalue weighted by Gasteiger charge is -2.31. The van der Waals surface area contributed by atoms with E-state index in [1.165, 1.54) is 0 Å². The molecule has 2 aromatic rings. The van der Waals surface area contributed by atoms with E-state index >= 15 is 0 Å². The molecule has 0 saturated heterocycles. The summed E-state index contributed by atoms with van der Waals surface area (Å²) in [6.45, 7) is 6.58. The van der Waals surface area contributed by atoms with Crippen LogP contribution in [0.25, 0.3) is 0 Å². The molecule has 174 valence electrons. The summed E-state index contributed by atoms with van der Waals surface area (Å²) in [5, 5.41) is 3.88. The van der Waals surface area contributed by atoms with E-state index in [2.05, 4.69) is 5.32 Å². The third-order valence-corrected chi connectivity index (χ3v) is 6.01. The van der Waals surface area contributed by atoms with Crippen LogP contribution in [0.5, 0.6) is 5.75 Å². The lowest BCUT2D eigenvalue weighted by molar-refractivity contribution is -0.141. The van der Waals surface area contributed by atoms with E-state index < -0.39 is 6.04 Å². The normalized spacial score (nSPS) is 12.7. The Bertz CT molecular complexity index is 877. The summed E-state index contributed by atoms with van der Waals surface area (Å²) in [6, 6.07) is 14.2. The summed E-state index contributed by atoms with van der Waals surface area (Å²) in [4.78, 5) is 27.8. The largest absolute Gasteiger partial charge is 0.494 e. The van der Waals surface area contributed by atoms with E-state index in [1.54, 1.807) is 17.0 Å². The number of halogens is 2. The van der Waals surface area contributed by atoms with Crippen molar-refractivity contribution in [1.82, 2.24) is 10.2 Å². The van der Waals surface area contributed by atoms with Gasteiger partial charge in [-0.2, -0.15) is 0 Å². The first-order valence-corrected chi connectivity index (χ1v) is 11.8. The second-order valence-electron chi connectivity index (χ2n) is 7.78. The maximum atomic E-state index is 13.2. The molecule has 0 bridgehead atoms. The Morgan fingerprint density at radius 3 is 2.38 bits per heavy atom. The molecule has 2 atom stereocenters. The maximum Gasteiger partial charge on any atom is 0.243 e. The van der Waals surface area contributed by atoms with Crippen molar-refractivity contribution >= 4 is 35.0 Å². The number of nitrogens with one attached hydrogen (secondary N) is 1. The van der Waals surface area contributed by atoms with Crippen LogP contribution >= 0.6 is 23.2 Å². The molecule has 0 aliphatic heterocycles. The van der Waals surface area contributed by atoms with E-state index in [1.807, 2.05) is 57.2 Å². The smallest absolute Gasteiger partial charge is 0.243 e. The van der Waals surface area contributed by atoms with Crippen molar-refractivity contribution in [3.8, 4) is 5.75 Å². The molecule has 1 N–H and O–H groups in total. The number of para-hydroxylation sites is 1. The molecule has 2 rings (SSSR count). The number of carbonyl (C=O) groups is 2. The molecule has 0 aromatic heterocycles. The van der Waals surface area contributed by atoms with E-state index in [0.29, 0.717) is 29.5 Å². The summed E-state index contributed by atoms with van der Waals surface area (Å²) >= 11 is 12.2. The van der Waals surface area contributed by atoms with Gasteiger partial charge in [-0.25, -0.2) is 0 Å². The number of ether oxygens (including phenoxy) is 1. The Hall–Kier alpha value is -2.24. The summed E-state index contributed by atoms with van der Waals surface area (Å²) in [7, 11) is 0. The minimum Gasteiger partial charge on any atom is -0.494 e. The van der Waals surface area contributed by atoms with Gasteiger partial charge in [-0.1, -0.05) is 61.3 Å². The van der Waals surface area contributed by atoms with Gasteiger partial charge < -0.3 is 15.0 Å². The monoisotopic (exact) mass is 478 g/mol. The van der Waals surface area contributed by atoms with Crippen LogP contribution < -0.4 is 10.1 Å². The predicted octanol–water partition coefficient (Wildman–Crippen LogP) is 5.87. The summed E-state index contributed by atoms with van der Waals surface area (Å²) in [5.41, 5.74) is 0.822. The average Bonchev–Trinajstić information content (AvgIpc) is 2.79. The third-order valence-electron chi connectivity index (χ3n) is 5.27. The van der Waals surface area contributed by atoms with Crippen LogP contribution in [0, 0.1) is 0 Å². The van der Waals surface area contributed by atoms with Gasteiger partial charge in [0, 0.05) is 19.0 Å². The van der Waals surface area contributed by atoms with E-state index in [-0.39, 0.29) is 30.8 Å². The Balaban J connectivity index is 2.10. The fourth-order valence-electron chi connectivity index (χ4n) is 3.27.